The maximum absolute atomic E-state index is 14.0. The summed E-state index contributed by atoms with van der Waals surface area (Å²) in [5.74, 6) is 0. The molecule has 1 aliphatic rings. The maximum atomic E-state index is 14.0. The number of aromatic nitrogens is 2. The first-order valence-electron chi connectivity index (χ1n) is 5.55. The standard InChI is InChI=1S/C11H15FN2O4/c1-6-3-4-14(10(17)13-6)9-7(12)8(16)11(2,5-15)18-9/h3-4,7-9,15-16H,5H2,1-2H3. The van der Waals surface area contributed by atoms with E-state index >= 15 is 0 Å². The number of aliphatic hydroxyl groups is 2. The lowest BCUT2D eigenvalue weighted by Gasteiger charge is -2.24. The topological polar surface area (TPSA) is 84.6 Å². The summed E-state index contributed by atoms with van der Waals surface area (Å²) in [7, 11) is 0. The van der Waals surface area contributed by atoms with Gasteiger partial charge >= 0.3 is 5.69 Å². The molecule has 0 amide bonds. The molecular weight excluding hydrogens is 243 g/mol. The highest BCUT2D eigenvalue weighted by Crippen LogP contribution is 2.37. The van der Waals surface area contributed by atoms with Gasteiger partial charge in [0.15, 0.2) is 12.4 Å². The highest BCUT2D eigenvalue weighted by Gasteiger charge is 2.53. The van der Waals surface area contributed by atoms with E-state index in [9.17, 15) is 14.3 Å². The zero-order chi connectivity index (χ0) is 13.5. The van der Waals surface area contributed by atoms with Crippen molar-refractivity contribution in [2.45, 2.75) is 38.0 Å². The van der Waals surface area contributed by atoms with E-state index in [1.54, 1.807) is 13.0 Å². The summed E-state index contributed by atoms with van der Waals surface area (Å²) in [6.07, 6.45) is -3.22. The number of rotatable bonds is 2. The van der Waals surface area contributed by atoms with Gasteiger partial charge in [-0.25, -0.2) is 9.18 Å². The predicted octanol–water partition coefficient (Wildman–Crippen LogP) is -0.469. The quantitative estimate of drug-likeness (QED) is 0.749. The van der Waals surface area contributed by atoms with Gasteiger partial charge in [-0.1, -0.05) is 0 Å². The van der Waals surface area contributed by atoms with Crippen molar-refractivity contribution in [3.8, 4) is 0 Å². The van der Waals surface area contributed by atoms with Gasteiger partial charge in [-0.05, 0) is 19.9 Å². The van der Waals surface area contributed by atoms with Gasteiger partial charge in [0.2, 0.25) is 0 Å². The van der Waals surface area contributed by atoms with Crippen LogP contribution in [0.3, 0.4) is 0 Å². The lowest BCUT2D eigenvalue weighted by Crippen LogP contribution is -2.42. The molecule has 4 atom stereocenters. The van der Waals surface area contributed by atoms with E-state index in [1.807, 2.05) is 0 Å². The summed E-state index contributed by atoms with van der Waals surface area (Å²) in [5.41, 5.74) is -1.57. The van der Waals surface area contributed by atoms with Gasteiger partial charge in [0.1, 0.15) is 11.7 Å². The van der Waals surface area contributed by atoms with Crippen LogP contribution in [-0.4, -0.2) is 44.2 Å². The van der Waals surface area contributed by atoms with E-state index in [-0.39, 0.29) is 0 Å². The molecule has 1 aromatic rings. The van der Waals surface area contributed by atoms with Crippen LogP contribution in [0.5, 0.6) is 0 Å². The summed E-state index contributed by atoms with van der Waals surface area (Å²) in [4.78, 5) is 15.3. The van der Waals surface area contributed by atoms with Crippen LogP contribution < -0.4 is 5.69 Å². The number of hydrogen-bond acceptors (Lipinski definition) is 5. The van der Waals surface area contributed by atoms with Crippen LogP contribution in [0.1, 0.15) is 18.8 Å². The molecule has 6 nitrogen and oxygen atoms in total. The SMILES string of the molecule is Cc1ccn(C2OC(C)(CO)C(O)C2F)c(=O)n1. The van der Waals surface area contributed by atoms with E-state index in [1.165, 1.54) is 13.1 Å². The Morgan fingerprint density at radius 1 is 1.67 bits per heavy atom. The van der Waals surface area contributed by atoms with Crippen molar-refractivity contribution in [2.75, 3.05) is 6.61 Å². The molecule has 2 N–H and O–H groups in total. The van der Waals surface area contributed by atoms with Crippen molar-refractivity contribution in [2.24, 2.45) is 0 Å². The average Bonchev–Trinajstić information content (AvgIpc) is 2.55. The fraction of sp³-hybridized carbons (Fsp3) is 0.636. The van der Waals surface area contributed by atoms with Crippen LogP contribution in [-0.2, 0) is 4.74 Å². The molecule has 2 rings (SSSR count). The Morgan fingerprint density at radius 2 is 2.33 bits per heavy atom. The van der Waals surface area contributed by atoms with Crippen molar-refractivity contribution in [1.29, 1.82) is 0 Å². The van der Waals surface area contributed by atoms with Gasteiger partial charge in [0.25, 0.3) is 0 Å². The summed E-state index contributed by atoms with van der Waals surface area (Å²) in [5, 5.41) is 18.8. The Balaban J connectivity index is 2.38. The molecule has 18 heavy (non-hydrogen) atoms. The summed E-state index contributed by atoms with van der Waals surface area (Å²) >= 11 is 0. The molecule has 1 fully saturated rings. The number of nitrogens with zero attached hydrogens (tertiary/aromatic N) is 2. The third-order valence-electron chi connectivity index (χ3n) is 3.15. The average molecular weight is 258 g/mol. The number of hydrogen-bond donors (Lipinski definition) is 2. The number of ether oxygens (including phenoxy) is 1. The van der Waals surface area contributed by atoms with E-state index in [4.69, 9.17) is 9.84 Å². The minimum absolute atomic E-state index is 0.509. The molecule has 0 aromatic carbocycles. The number of aliphatic hydroxyl groups excluding tert-OH is 2. The maximum Gasteiger partial charge on any atom is 0.349 e. The van der Waals surface area contributed by atoms with E-state index in [2.05, 4.69) is 4.98 Å². The second-order valence-electron chi connectivity index (χ2n) is 4.63. The highest BCUT2D eigenvalue weighted by molar-refractivity contribution is 5.02. The lowest BCUT2D eigenvalue weighted by molar-refractivity contribution is -0.117. The van der Waals surface area contributed by atoms with Crippen molar-refractivity contribution in [3.05, 3.63) is 28.4 Å². The Labute approximate surface area is 103 Å². The van der Waals surface area contributed by atoms with Gasteiger partial charge in [0, 0.05) is 11.9 Å². The third kappa shape index (κ3) is 1.94. The highest BCUT2D eigenvalue weighted by atomic mass is 19.1. The van der Waals surface area contributed by atoms with Crippen molar-refractivity contribution >= 4 is 0 Å². The van der Waals surface area contributed by atoms with Gasteiger partial charge in [-0.15, -0.1) is 0 Å². The molecule has 0 saturated carbocycles. The summed E-state index contributed by atoms with van der Waals surface area (Å²) < 4.78 is 20.2. The van der Waals surface area contributed by atoms with Crippen molar-refractivity contribution in [3.63, 3.8) is 0 Å². The molecule has 7 heteroatoms. The summed E-state index contributed by atoms with van der Waals surface area (Å²) in [6.45, 7) is 2.48. The molecule has 0 aliphatic carbocycles. The molecular formula is C11H15FN2O4. The zero-order valence-corrected chi connectivity index (χ0v) is 10.1. The fourth-order valence-electron chi connectivity index (χ4n) is 1.94. The molecule has 1 saturated heterocycles. The van der Waals surface area contributed by atoms with E-state index in [0.717, 1.165) is 4.57 Å². The van der Waals surface area contributed by atoms with Crippen molar-refractivity contribution in [1.82, 2.24) is 9.55 Å². The number of aryl methyl sites for hydroxylation is 1. The predicted molar refractivity (Wildman–Crippen MR) is 59.7 cm³/mol. The third-order valence-corrected chi connectivity index (χ3v) is 3.15. The minimum atomic E-state index is -1.80. The first-order valence-corrected chi connectivity index (χ1v) is 5.55. The Hall–Kier alpha value is -1.31. The van der Waals surface area contributed by atoms with E-state index in [0.29, 0.717) is 5.69 Å². The molecule has 1 aromatic heterocycles. The Kier molecular flexibility index (Phi) is 3.22. The number of alkyl halides is 1. The minimum Gasteiger partial charge on any atom is -0.393 e. The molecule has 0 bridgehead atoms. The largest absolute Gasteiger partial charge is 0.393 e. The lowest BCUT2D eigenvalue weighted by atomic mass is 9.99. The van der Waals surface area contributed by atoms with Gasteiger partial charge < -0.3 is 14.9 Å². The smallest absolute Gasteiger partial charge is 0.349 e. The Morgan fingerprint density at radius 3 is 2.83 bits per heavy atom. The second-order valence-corrected chi connectivity index (χ2v) is 4.63. The van der Waals surface area contributed by atoms with Crippen LogP contribution in [0.4, 0.5) is 4.39 Å². The van der Waals surface area contributed by atoms with Crippen LogP contribution in [0, 0.1) is 6.92 Å². The van der Waals surface area contributed by atoms with Crippen LogP contribution >= 0.6 is 0 Å². The van der Waals surface area contributed by atoms with Crippen LogP contribution in [0.2, 0.25) is 0 Å². The molecule has 0 radical (unpaired) electrons. The normalized spacial score (nSPS) is 35.9. The molecule has 0 spiro atoms. The van der Waals surface area contributed by atoms with E-state index < -0.39 is 36.4 Å². The molecule has 100 valence electrons. The monoisotopic (exact) mass is 258 g/mol. The first kappa shape index (κ1) is 13.1. The first-order chi connectivity index (χ1) is 8.39. The number of halogens is 1. The summed E-state index contributed by atoms with van der Waals surface area (Å²) in [6, 6.07) is 1.54. The molecule has 2 heterocycles. The zero-order valence-electron chi connectivity index (χ0n) is 10.1. The van der Waals surface area contributed by atoms with Gasteiger partial charge in [-0.2, -0.15) is 4.98 Å². The molecule has 4 unspecified atom stereocenters. The van der Waals surface area contributed by atoms with Gasteiger partial charge in [-0.3, -0.25) is 4.57 Å². The van der Waals surface area contributed by atoms with Crippen LogP contribution in [0.25, 0.3) is 0 Å². The molecule has 1 aliphatic heterocycles. The second kappa shape index (κ2) is 4.42. The Bertz CT molecular complexity index is 506. The van der Waals surface area contributed by atoms with Gasteiger partial charge in [0.05, 0.1) is 6.61 Å². The van der Waals surface area contributed by atoms with Crippen molar-refractivity contribution < 1.29 is 19.3 Å². The fourth-order valence-corrected chi connectivity index (χ4v) is 1.94. The van der Waals surface area contributed by atoms with Crippen LogP contribution in [0.15, 0.2) is 17.1 Å².